The van der Waals surface area contributed by atoms with Crippen LogP contribution in [0, 0.1) is 0 Å². The third-order valence-corrected chi connectivity index (χ3v) is 7.57. The highest BCUT2D eigenvalue weighted by atomic mass is 35.5. The summed E-state index contributed by atoms with van der Waals surface area (Å²) < 4.78 is 31.4. The Balaban J connectivity index is 1.86. The van der Waals surface area contributed by atoms with Crippen molar-refractivity contribution in [3.8, 4) is 5.75 Å². The molecule has 10 heteroatoms. The highest BCUT2D eigenvalue weighted by Crippen LogP contribution is 2.23. The number of rotatable bonds is 10. The average molecular weight is 522 g/mol. The molecule has 0 aromatic heterocycles. The number of ether oxygens (including phenoxy) is 1. The van der Waals surface area contributed by atoms with Gasteiger partial charge >= 0.3 is 0 Å². The maximum absolute atomic E-state index is 13.5. The van der Waals surface area contributed by atoms with Crippen LogP contribution in [-0.2, 0) is 26.2 Å². The number of hydrogen-bond donors (Lipinski definition) is 1. The number of carbonyl (C=O) groups is 2. The van der Waals surface area contributed by atoms with Crippen LogP contribution in [0.2, 0.25) is 5.02 Å². The second-order valence-corrected chi connectivity index (χ2v) is 11.1. The van der Waals surface area contributed by atoms with E-state index >= 15 is 0 Å². The highest BCUT2D eigenvalue weighted by molar-refractivity contribution is 7.92. The zero-order valence-corrected chi connectivity index (χ0v) is 21.8. The monoisotopic (exact) mass is 521 g/mol. The molecule has 0 unspecified atom stereocenters. The molecule has 190 valence electrons. The lowest BCUT2D eigenvalue weighted by Gasteiger charge is -2.32. The van der Waals surface area contributed by atoms with Gasteiger partial charge < -0.3 is 15.0 Å². The van der Waals surface area contributed by atoms with Crippen molar-refractivity contribution in [2.75, 3.05) is 24.2 Å². The maximum atomic E-state index is 13.5. The van der Waals surface area contributed by atoms with E-state index in [-0.39, 0.29) is 18.5 Å². The van der Waals surface area contributed by atoms with E-state index in [1.165, 1.54) is 12.0 Å². The minimum Gasteiger partial charge on any atom is -0.497 e. The lowest BCUT2D eigenvalue weighted by molar-refractivity contribution is -0.139. The average Bonchev–Trinajstić information content (AvgIpc) is 3.34. The van der Waals surface area contributed by atoms with Crippen molar-refractivity contribution < 1.29 is 22.7 Å². The Morgan fingerprint density at radius 3 is 2.23 bits per heavy atom. The molecule has 1 saturated carbocycles. The second kappa shape index (κ2) is 11.8. The first-order valence-electron chi connectivity index (χ1n) is 11.5. The van der Waals surface area contributed by atoms with Gasteiger partial charge in [0.2, 0.25) is 21.8 Å². The zero-order valence-electron chi connectivity index (χ0n) is 20.2. The minimum atomic E-state index is -3.78. The lowest BCUT2D eigenvalue weighted by atomic mass is 10.1. The molecular weight excluding hydrogens is 490 g/mol. The fourth-order valence-corrected chi connectivity index (χ4v) is 5.10. The fraction of sp³-hybridized carbons (Fsp3) is 0.440. The van der Waals surface area contributed by atoms with E-state index in [1.807, 2.05) is 0 Å². The van der Waals surface area contributed by atoms with Crippen LogP contribution in [-0.4, -0.2) is 57.1 Å². The van der Waals surface area contributed by atoms with Crippen molar-refractivity contribution >= 4 is 39.1 Å². The summed E-state index contributed by atoms with van der Waals surface area (Å²) in [4.78, 5) is 28.0. The van der Waals surface area contributed by atoms with Gasteiger partial charge in [0.05, 0.1) is 19.1 Å². The van der Waals surface area contributed by atoms with Gasteiger partial charge in [-0.3, -0.25) is 13.9 Å². The molecule has 2 amide bonds. The number of anilines is 1. The number of amides is 2. The first-order valence-corrected chi connectivity index (χ1v) is 13.8. The topological polar surface area (TPSA) is 96.0 Å². The summed E-state index contributed by atoms with van der Waals surface area (Å²) in [6, 6.07) is 12.7. The molecule has 0 saturated heterocycles. The smallest absolute Gasteiger partial charge is 0.244 e. The van der Waals surface area contributed by atoms with E-state index in [1.54, 1.807) is 55.5 Å². The number of hydrogen-bond acceptors (Lipinski definition) is 5. The predicted octanol–water partition coefficient (Wildman–Crippen LogP) is 3.59. The van der Waals surface area contributed by atoms with Gasteiger partial charge in [-0.05, 0) is 61.7 Å². The summed E-state index contributed by atoms with van der Waals surface area (Å²) in [5.74, 6) is -0.181. The van der Waals surface area contributed by atoms with Crippen molar-refractivity contribution in [2.45, 2.75) is 51.2 Å². The third-order valence-electron chi connectivity index (χ3n) is 6.17. The summed E-state index contributed by atoms with van der Waals surface area (Å²) in [7, 11) is -2.27. The van der Waals surface area contributed by atoms with Gasteiger partial charge in [0.1, 0.15) is 18.3 Å². The lowest BCUT2D eigenvalue weighted by Crippen LogP contribution is -2.52. The molecule has 2 aromatic carbocycles. The second-order valence-electron chi connectivity index (χ2n) is 8.78. The number of carbonyl (C=O) groups excluding carboxylic acids is 2. The Labute approximate surface area is 212 Å². The zero-order chi connectivity index (χ0) is 25.6. The summed E-state index contributed by atoms with van der Waals surface area (Å²) in [6.45, 7) is 1.35. The van der Waals surface area contributed by atoms with Crippen molar-refractivity contribution in [1.29, 1.82) is 0 Å². The van der Waals surface area contributed by atoms with Crippen molar-refractivity contribution in [1.82, 2.24) is 10.2 Å². The van der Waals surface area contributed by atoms with Crippen LogP contribution in [0.25, 0.3) is 0 Å². The number of halogens is 1. The van der Waals surface area contributed by atoms with Crippen molar-refractivity contribution in [3.63, 3.8) is 0 Å². The Morgan fingerprint density at radius 1 is 1.09 bits per heavy atom. The third kappa shape index (κ3) is 7.35. The van der Waals surface area contributed by atoms with Gasteiger partial charge in [0.15, 0.2) is 0 Å². The summed E-state index contributed by atoms with van der Waals surface area (Å²) in [6.07, 6.45) is 5.02. The molecule has 1 aliphatic rings. The van der Waals surface area contributed by atoms with E-state index in [0.29, 0.717) is 16.5 Å². The van der Waals surface area contributed by atoms with Crippen LogP contribution >= 0.6 is 11.6 Å². The molecule has 35 heavy (non-hydrogen) atoms. The largest absolute Gasteiger partial charge is 0.497 e. The SMILES string of the molecule is COc1ccc(N(CC(=O)N(Cc2ccc(Cl)cc2)[C@H](C)C(=O)NC2CCCC2)S(C)(=O)=O)cc1. The number of sulfonamides is 1. The first kappa shape index (κ1) is 26.8. The molecule has 1 N–H and O–H groups in total. The molecule has 0 radical (unpaired) electrons. The van der Waals surface area contributed by atoms with Gasteiger partial charge in [-0.25, -0.2) is 8.42 Å². The van der Waals surface area contributed by atoms with Gasteiger partial charge in [-0.2, -0.15) is 0 Å². The van der Waals surface area contributed by atoms with Gasteiger partial charge in [0, 0.05) is 17.6 Å². The van der Waals surface area contributed by atoms with Crippen LogP contribution in [0.5, 0.6) is 5.75 Å². The van der Waals surface area contributed by atoms with Gasteiger partial charge in [-0.15, -0.1) is 0 Å². The fourth-order valence-electron chi connectivity index (χ4n) is 4.12. The van der Waals surface area contributed by atoms with Crippen LogP contribution < -0.4 is 14.4 Å². The summed E-state index contributed by atoms with van der Waals surface area (Å²) in [5, 5.41) is 3.59. The first-order chi connectivity index (χ1) is 16.6. The molecule has 2 aromatic rings. The highest BCUT2D eigenvalue weighted by Gasteiger charge is 2.31. The molecule has 1 atom stereocenters. The van der Waals surface area contributed by atoms with Crippen LogP contribution in [0.1, 0.15) is 38.2 Å². The van der Waals surface area contributed by atoms with Gasteiger partial charge in [-0.1, -0.05) is 36.6 Å². The van der Waals surface area contributed by atoms with E-state index in [4.69, 9.17) is 16.3 Å². The number of methoxy groups -OCH3 is 1. The summed E-state index contributed by atoms with van der Waals surface area (Å²) >= 11 is 6.00. The minimum absolute atomic E-state index is 0.101. The Kier molecular flexibility index (Phi) is 9.02. The number of nitrogens with zero attached hydrogens (tertiary/aromatic N) is 2. The van der Waals surface area contributed by atoms with Crippen LogP contribution in [0.4, 0.5) is 5.69 Å². The van der Waals surface area contributed by atoms with Crippen molar-refractivity contribution in [2.24, 2.45) is 0 Å². The van der Waals surface area contributed by atoms with E-state index in [2.05, 4.69) is 5.32 Å². The Hall–Kier alpha value is -2.78. The molecule has 0 heterocycles. The number of benzene rings is 2. The van der Waals surface area contributed by atoms with Crippen LogP contribution in [0.15, 0.2) is 48.5 Å². The normalized spacial score (nSPS) is 14.9. The molecular formula is C25H32ClN3O5S. The quantitative estimate of drug-likeness (QED) is 0.515. The standard InChI is InChI=1S/C25H32ClN3O5S/c1-18(25(31)27-21-6-4-5-7-21)28(16-19-8-10-20(26)11-9-19)24(30)17-29(35(3,32)33)22-12-14-23(34-2)15-13-22/h8-15,18,21H,4-7,16-17H2,1-3H3,(H,27,31)/t18-/m1/s1. The molecule has 0 aliphatic heterocycles. The van der Waals surface area contributed by atoms with E-state index in [0.717, 1.165) is 41.8 Å². The number of nitrogens with one attached hydrogen (secondary N) is 1. The van der Waals surface area contributed by atoms with E-state index in [9.17, 15) is 18.0 Å². The molecule has 3 rings (SSSR count). The predicted molar refractivity (Wildman–Crippen MR) is 137 cm³/mol. The molecule has 1 aliphatic carbocycles. The Morgan fingerprint density at radius 2 is 1.69 bits per heavy atom. The van der Waals surface area contributed by atoms with Crippen molar-refractivity contribution in [3.05, 3.63) is 59.1 Å². The molecule has 0 bridgehead atoms. The molecule has 0 spiro atoms. The Bertz CT molecular complexity index is 1120. The van der Waals surface area contributed by atoms with E-state index < -0.39 is 28.5 Å². The van der Waals surface area contributed by atoms with Gasteiger partial charge in [0.25, 0.3) is 0 Å². The molecule has 1 fully saturated rings. The molecule has 8 nitrogen and oxygen atoms in total. The summed E-state index contributed by atoms with van der Waals surface area (Å²) in [5.41, 5.74) is 1.11. The maximum Gasteiger partial charge on any atom is 0.244 e. The van der Waals surface area contributed by atoms with Crippen LogP contribution in [0.3, 0.4) is 0 Å².